The fourth-order valence-corrected chi connectivity index (χ4v) is 3.77. The van der Waals surface area contributed by atoms with Crippen molar-refractivity contribution in [2.24, 2.45) is 0 Å². The van der Waals surface area contributed by atoms with Crippen molar-refractivity contribution in [3.8, 4) is 0 Å². The quantitative estimate of drug-likeness (QED) is 0.833. The van der Waals surface area contributed by atoms with Crippen molar-refractivity contribution in [3.63, 3.8) is 0 Å². The van der Waals surface area contributed by atoms with Crippen LogP contribution >= 0.6 is 11.3 Å². The molecule has 21 heavy (non-hydrogen) atoms. The summed E-state index contributed by atoms with van der Waals surface area (Å²) >= 11 is 1.63. The molecule has 2 amide bonds. The molecular weight excluding hydrogens is 288 g/mol. The summed E-state index contributed by atoms with van der Waals surface area (Å²) in [7, 11) is 1.79. The van der Waals surface area contributed by atoms with E-state index in [0.29, 0.717) is 19.0 Å². The van der Waals surface area contributed by atoms with E-state index in [-0.39, 0.29) is 30.6 Å². The highest BCUT2D eigenvalue weighted by atomic mass is 32.1. The number of carbonyl (C=O) groups excluding carboxylic acids is 2. The van der Waals surface area contributed by atoms with Gasteiger partial charge < -0.3 is 14.5 Å². The van der Waals surface area contributed by atoms with Gasteiger partial charge in [-0.25, -0.2) is 0 Å². The average molecular weight is 308 g/mol. The maximum absolute atomic E-state index is 12.6. The van der Waals surface area contributed by atoms with Crippen LogP contribution in [0.1, 0.15) is 35.0 Å². The largest absolute Gasteiger partial charge is 0.364 e. The zero-order chi connectivity index (χ0) is 15.1. The molecule has 0 N–H and O–H groups in total. The number of amides is 2. The molecule has 2 aliphatic rings. The summed E-state index contributed by atoms with van der Waals surface area (Å²) < 4.78 is 5.56. The minimum absolute atomic E-state index is 0.0109. The number of likely N-dealkylation sites (tertiary alicyclic amines) is 1. The number of fused-ring (bicyclic) bond motifs is 1. The second-order valence-electron chi connectivity index (χ2n) is 6.02. The van der Waals surface area contributed by atoms with Crippen LogP contribution in [0.25, 0.3) is 0 Å². The number of hydrogen-bond acceptors (Lipinski definition) is 4. The molecule has 6 heteroatoms. The molecule has 2 atom stereocenters. The van der Waals surface area contributed by atoms with E-state index in [4.69, 9.17) is 4.74 Å². The Bertz CT molecular complexity index is 569. The minimum Gasteiger partial charge on any atom is -0.364 e. The molecule has 2 fully saturated rings. The number of rotatable bonds is 2. The molecule has 0 aliphatic carbocycles. The maximum Gasteiger partial charge on any atom is 0.254 e. The van der Waals surface area contributed by atoms with Crippen LogP contribution in [0.5, 0.6) is 0 Å². The van der Waals surface area contributed by atoms with Gasteiger partial charge in [0.05, 0.1) is 17.7 Å². The highest BCUT2D eigenvalue weighted by Gasteiger charge is 2.43. The maximum atomic E-state index is 12.6. The second-order valence-corrected chi connectivity index (χ2v) is 6.97. The molecule has 2 saturated heterocycles. The molecule has 0 aromatic carbocycles. The summed E-state index contributed by atoms with van der Waals surface area (Å²) in [5.41, 5.74) is 0.747. The lowest BCUT2D eigenvalue weighted by molar-refractivity contribution is -0.150. The van der Waals surface area contributed by atoms with Crippen molar-refractivity contribution in [1.29, 1.82) is 0 Å². The molecule has 0 bridgehead atoms. The molecule has 3 heterocycles. The number of ether oxygens (including phenoxy) is 1. The second kappa shape index (κ2) is 5.42. The van der Waals surface area contributed by atoms with Crippen molar-refractivity contribution < 1.29 is 14.3 Å². The Hall–Kier alpha value is -1.40. The van der Waals surface area contributed by atoms with Crippen molar-refractivity contribution >= 4 is 23.2 Å². The lowest BCUT2D eigenvalue weighted by Crippen LogP contribution is -2.51. The van der Waals surface area contributed by atoms with Crippen LogP contribution in [0.2, 0.25) is 0 Å². The minimum atomic E-state index is -0.0557. The monoisotopic (exact) mass is 308 g/mol. The fraction of sp³-hybridized carbons (Fsp3) is 0.600. The van der Waals surface area contributed by atoms with Gasteiger partial charge in [-0.3, -0.25) is 9.59 Å². The first-order valence-electron chi connectivity index (χ1n) is 7.22. The highest BCUT2D eigenvalue weighted by Crippen LogP contribution is 2.27. The summed E-state index contributed by atoms with van der Waals surface area (Å²) in [5, 5.41) is 1.93. The molecule has 2 aliphatic heterocycles. The summed E-state index contributed by atoms with van der Waals surface area (Å²) in [6, 6.07) is 1.97. The third-order valence-corrected chi connectivity index (χ3v) is 5.50. The molecule has 114 valence electrons. The number of hydrogen-bond donors (Lipinski definition) is 0. The Morgan fingerprint density at radius 3 is 2.86 bits per heavy atom. The zero-order valence-electron chi connectivity index (χ0n) is 12.5. The highest BCUT2D eigenvalue weighted by molar-refractivity contribution is 7.10. The normalized spacial score (nSPS) is 25.6. The standard InChI is InChI=1S/C15H20N2O3S/c1-9(2)13-4-10(8-21-13)15(19)17-5-11-12(6-17)20-7-14(18)16(11)3/h4,8-9,11-12H,5-7H2,1-3H3/t11-,12-/m0/s1. The van der Waals surface area contributed by atoms with E-state index in [1.54, 1.807) is 28.2 Å². The summed E-state index contributed by atoms with van der Waals surface area (Å²) in [6.45, 7) is 5.49. The molecule has 1 aromatic rings. The Morgan fingerprint density at radius 2 is 2.19 bits per heavy atom. The van der Waals surface area contributed by atoms with Gasteiger partial charge in [0.25, 0.3) is 5.91 Å². The van der Waals surface area contributed by atoms with Crippen molar-refractivity contribution in [2.45, 2.75) is 31.9 Å². The third-order valence-electron chi connectivity index (χ3n) is 4.27. The first-order valence-corrected chi connectivity index (χ1v) is 8.10. The van der Waals surface area contributed by atoms with E-state index in [9.17, 15) is 9.59 Å². The van der Waals surface area contributed by atoms with E-state index >= 15 is 0 Å². The van der Waals surface area contributed by atoms with Crippen molar-refractivity contribution in [3.05, 3.63) is 21.9 Å². The van der Waals surface area contributed by atoms with Gasteiger partial charge in [0, 0.05) is 30.4 Å². The Morgan fingerprint density at radius 1 is 1.43 bits per heavy atom. The van der Waals surface area contributed by atoms with Crippen LogP contribution in [-0.2, 0) is 9.53 Å². The molecule has 0 radical (unpaired) electrons. The molecule has 1 aromatic heterocycles. The van der Waals surface area contributed by atoms with E-state index in [1.807, 2.05) is 11.4 Å². The van der Waals surface area contributed by atoms with Gasteiger partial charge in [-0.05, 0) is 12.0 Å². The molecule has 3 rings (SSSR count). The Kier molecular flexibility index (Phi) is 3.75. The van der Waals surface area contributed by atoms with Gasteiger partial charge in [0.15, 0.2) is 0 Å². The molecular formula is C15H20N2O3S. The van der Waals surface area contributed by atoms with Crippen LogP contribution in [0.4, 0.5) is 0 Å². The molecule has 0 saturated carbocycles. The van der Waals surface area contributed by atoms with Gasteiger partial charge in [0.1, 0.15) is 6.61 Å². The number of likely N-dealkylation sites (N-methyl/N-ethyl adjacent to an activating group) is 1. The SMILES string of the molecule is CC(C)c1cc(C(=O)N2C[C@@H]3OCC(=O)N(C)[C@H]3C2)cs1. The van der Waals surface area contributed by atoms with E-state index in [0.717, 1.165) is 5.56 Å². The lowest BCUT2D eigenvalue weighted by Gasteiger charge is -2.33. The van der Waals surface area contributed by atoms with Crippen LogP contribution in [0, 0.1) is 0 Å². The van der Waals surface area contributed by atoms with Gasteiger partial charge in [-0.1, -0.05) is 13.8 Å². The van der Waals surface area contributed by atoms with Gasteiger partial charge in [-0.2, -0.15) is 0 Å². The number of nitrogens with zero attached hydrogens (tertiary/aromatic N) is 2. The van der Waals surface area contributed by atoms with Gasteiger partial charge in [0.2, 0.25) is 5.91 Å². The smallest absolute Gasteiger partial charge is 0.254 e. The average Bonchev–Trinajstić information content (AvgIpc) is 3.09. The molecule has 5 nitrogen and oxygen atoms in total. The zero-order valence-corrected chi connectivity index (χ0v) is 13.4. The van der Waals surface area contributed by atoms with Gasteiger partial charge in [-0.15, -0.1) is 11.3 Å². The number of carbonyl (C=O) groups is 2. The van der Waals surface area contributed by atoms with Crippen LogP contribution in [-0.4, -0.2) is 60.5 Å². The number of thiophene rings is 1. The first-order chi connectivity index (χ1) is 9.97. The van der Waals surface area contributed by atoms with E-state index < -0.39 is 0 Å². The first kappa shape index (κ1) is 14.5. The van der Waals surface area contributed by atoms with Crippen LogP contribution in [0.3, 0.4) is 0 Å². The van der Waals surface area contributed by atoms with Crippen molar-refractivity contribution in [1.82, 2.24) is 9.80 Å². The molecule has 0 unspecified atom stereocenters. The number of morpholine rings is 1. The van der Waals surface area contributed by atoms with Gasteiger partial charge >= 0.3 is 0 Å². The Labute approximate surface area is 128 Å². The fourth-order valence-electron chi connectivity index (χ4n) is 2.87. The van der Waals surface area contributed by atoms with Crippen LogP contribution < -0.4 is 0 Å². The Balaban J connectivity index is 1.73. The van der Waals surface area contributed by atoms with E-state index in [2.05, 4.69) is 13.8 Å². The summed E-state index contributed by atoms with van der Waals surface area (Å²) in [5.74, 6) is 0.463. The third kappa shape index (κ3) is 2.58. The topological polar surface area (TPSA) is 49.9 Å². The summed E-state index contributed by atoms with van der Waals surface area (Å²) in [4.78, 5) is 29.0. The van der Waals surface area contributed by atoms with E-state index in [1.165, 1.54) is 4.88 Å². The lowest BCUT2D eigenvalue weighted by atomic mass is 10.1. The summed E-state index contributed by atoms with van der Waals surface area (Å²) in [6.07, 6.45) is -0.0557. The van der Waals surface area contributed by atoms with Crippen LogP contribution in [0.15, 0.2) is 11.4 Å². The van der Waals surface area contributed by atoms with Crippen molar-refractivity contribution in [2.75, 3.05) is 26.7 Å². The molecule has 0 spiro atoms. The predicted octanol–water partition coefficient (Wildman–Crippen LogP) is 1.55. The predicted molar refractivity (Wildman–Crippen MR) is 80.6 cm³/mol.